The van der Waals surface area contributed by atoms with Gasteiger partial charge >= 0.3 is 6.03 Å². The van der Waals surface area contributed by atoms with Crippen LogP contribution < -0.4 is 11.1 Å². The molecule has 0 spiro atoms. The van der Waals surface area contributed by atoms with Crippen LogP contribution in [0.4, 0.5) is 4.79 Å². The SMILES string of the molecule is CCC(N)CN1CCNC1=O. The lowest BCUT2D eigenvalue weighted by Crippen LogP contribution is -2.38. The number of nitrogens with zero attached hydrogens (tertiary/aromatic N) is 1. The number of hydrogen-bond acceptors (Lipinski definition) is 2. The molecule has 1 saturated heterocycles. The highest BCUT2D eigenvalue weighted by Gasteiger charge is 2.20. The number of amides is 2. The van der Waals surface area contributed by atoms with Crippen molar-refractivity contribution in [1.29, 1.82) is 0 Å². The van der Waals surface area contributed by atoms with E-state index in [2.05, 4.69) is 5.32 Å². The lowest BCUT2D eigenvalue weighted by atomic mass is 10.2. The summed E-state index contributed by atoms with van der Waals surface area (Å²) in [6.45, 7) is 4.27. The average molecular weight is 157 g/mol. The smallest absolute Gasteiger partial charge is 0.317 e. The second-order valence-corrected chi connectivity index (χ2v) is 2.85. The molecule has 0 aromatic carbocycles. The second-order valence-electron chi connectivity index (χ2n) is 2.85. The van der Waals surface area contributed by atoms with Crippen molar-refractivity contribution in [1.82, 2.24) is 10.2 Å². The van der Waals surface area contributed by atoms with Crippen LogP contribution in [0.15, 0.2) is 0 Å². The Labute approximate surface area is 66.7 Å². The molecule has 64 valence electrons. The summed E-state index contributed by atoms with van der Waals surface area (Å²) < 4.78 is 0. The van der Waals surface area contributed by atoms with Crippen molar-refractivity contribution >= 4 is 6.03 Å². The molecule has 0 aliphatic carbocycles. The molecule has 1 rings (SSSR count). The molecule has 1 heterocycles. The molecular weight excluding hydrogens is 142 g/mol. The van der Waals surface area contributed by atoms with E-state index >= 15 is 0 Å². The number of hydrogen-bond donors (Lipinski definition) is 2. The van der Waals surface area contributed by atoms with Gasteiger partial charge in [-0.3, -0.25) is 0 Å². The number of urea groups is 1. The number of nitrogens with two attached hydrogens (primary N) is 1. The number of rotatable bonds is 3. The quantitative estimate of drug-likeness (QED) is 0.593. The fourth-order valence-electron chi connectivity index (χ4n) is 1.10. The van der Waals surface area contributed by atoms with Crippen molar-refractivity contribution in [3.05, 3.63) is 0 Å². The predicted octanol–water partition coefficient (Wildman–Crippen LogP) is -0.251. The lowest BCUT2D eigenvalue weighted by molar-refractivity contribution is 0.214. The third-order valence-corrected chi connectivity index (χ3v) is 1.92. The van der Waals surface area contributed by atoms with Gasteiger partial charge in [0.05, 0.1) is 0 Å². The average Bonchev–Trinajstić information content (AvgIpc) is 2.37. The first kappa shape index (κ1) is 8.33. The van der Waals surface area contributed by atoms with Gasteiger partial charge in [-0.05, 0) is 6.42 Å². The van der Waals surface area contributed by atoms with E-state index in [4.69, 9.17) is 5.73 Å². The summed E-state index contributed by atoms with van der Waals surface area (Å²) in [7, 11) is 0. The molecule has 1 atom stereocenters. The van der Waals surface area contributed by atoms with Gasteiger partial charge in [-0.1, -0.05) is 6.92 Å². The highest BCUT2D eigenvalue weighted by molar-refractivity contribution is 5.76. The molecule has 1 fully saturated rings. The zero-order valence-electron chi connectivity index (χ0n) is 6.84. The molecule has 0 saturated carbocycles. The maximum absolute atomic E-state index is 11.0. The second kappa shape index (κ2) is 3.57. The monoisotopic (exact) mass is 157 g/mol. The fraction of sp³-hybridized carbons (Fsp3) is 0.857. The van der Waals surface area contributed by atoms with E-state index < -0.39 is 0 Å². The van der Waals surface area contributed by atoms with Gasteiger partial charge in [0, 0.05) is 25.7 Å². The summed E-state index contributed by atoms with van der Waals surface area (Å²) in [5.74, 6) is 0. The van der Waals surface area contributed by atoms with Gasteiger partial charge in [-0.15, -0.1) is 0 Å². The van der Waals surface area contributed by atoms with Crippen molar-refractivity contribution in [2.24, 2.45) is 5.73 Å². The molecule has 11 heavy (non-hydrogen) atoms. The third-order valence-electron chi connectivity index (χ3n) is 1.92. The summed E-state index contributed by atoms with van der Waals surface area (Å²) in [4.78, 5) is 12.7. The summed E-state index contributed by atoms with van der Waals surface area (Å²) in [5, 5.41) is 2.73. The van der Waals surface area contributed by atoms with Crippen LogP contribution in [-0.2, 0) is 0 Å². The minimum absolute atomic E-state index is 0.0221. The van der Waals surface area contributed by atoms with Crippen LogP contribution in [0.3, 0.4) is 0 Å². The van der Waals surface area contributed by atoms with Gasteiger partial charge in [-0.2, -0.15) is 0 Å². The van der Waals surface area contributed by atoms with Gasteiger partial charge < -0.3 is 16.0 Å². The topological polar surface area (TPSA) is 58.4 Å². The Morgan fingerprint density at radius 3 is 3.00 bits per heavy atom. The first-order chi connectivity index (χ1) is 5.24. The van der Waals surface area contributed by atoms with Crippen molar-refractivity contribution in [2.75, 3.05) is 19.6 Å². The Balaban J connectivity index is 2.30. The normalized spacial score (nSPS) is 20.2. The molecule has 4 nitrogen and oxygen atoms in total. The van der Waals surface area contributed by atoms with E-state index in [9.17, 15) is 4.79 Å². The number of carbonyl (C=O) groups is 1. The van der Waals surface area contributed by atoms with E-state index in [0.29, 0.717) is 6.54 Å². The molecule has 3 N–H and O–H groups in total. The molecule has 4 heteroatoms. The van der Waals surface area contributed by atoms with Gasteiger partial charge in [0.25, 0.3) is 0 Å². The predicted molar refractivity (Wildman–Crippen MR) is 43.2 cm³/mol. The largest absolute Gasteiger partial charge is 0.336 e. The van der Waals surface area contributed by atoms with Crippen molar-refractivity contribution in [3.63, 3.8) is 0 Å². The standard InChI is InChI=1S/C7H15N3O/c1-2-6(8)5-10-4-3-9-7(10)11/h6H,2-5,8H2,1H3,(H,9,11). The van der Waals surface area contributed by atoms with Crippen molar-refractivity contribution in [3.8, 4) is 0 Å². The fourth-order valence-corrected chi connectivity index (χ4v) is 1.10. The summed E-state index contributed by atoms with van der Waals surface area (Å²) in [5.41, 5.74) is 5.69. The molecule has 1 aliphatic heterocycles. The Morgan fingerprint density at radius 2 is 2.55 bits per heavy atom. The van der Waals surface area contributed by atoms with E-state index in [-0.39, 0.29) is 12.1 Å². The van der Waals surface area contributed by atoms with Crippen LogP contribution >= 0.6 is 0 Å². The molecule has 1 aliphatic rings. The van der Waals surface area contributed by atoms with Crippen LogP contribution in [0.5, 0.6) is 0 Å². The van der Waals surface area contributed by atoms with Crippen LogP contribution in [0.2, 0.25) is 0 Å². The van der Waals surface area contributed by atoms with Crippen LogP contribution in [0.1, 0.15) is 13.3 Å². The minimum Gasteiger partial charge on any atom is -0.336 e. The van der Waals surface area contributed by atoms with E-state index in [1.54, 1.807) is 4.90 Å². The van der Waals surface area contributed by atoms with Crippen LogP contribution in [0.25, 0.3) is 0 Å². The van der Waals surface area contributed by atoms with E-state index in [1.165, 1.54) is 0 Å². The van der Waals surface area contributed by atoms with Crippen molar-refractivity contribution < 1.29 is 4.79 Å². The molecule has 0 radical (unpaired) electrons. The molecule has 2 amide bonds. The van der Waals surface area contributed by atoms with Crippen LogP contribution in [0, 0.1) is 0 Å². The summed E-state index contributed by atoms with van der Waals surface area (Å²) >= 11 is 0. The summed E-state index contributed by atoms with van der Waals surface area (Å²) in [6, 6.07) is 0.146. The first-order valence-electron chi connectivity index (χ1n) is 4.02. The number of nitrogens with one attached hydrogen (secondary N) is 1. The zero-order valence-corrected chi connectivity index (χ0v) is 6.84. The molecule has 0 aromatic heterocycles. The highest BCUT2D eigenvalue weighted by Crippen LogP contribution is 1.98. The van der Waals surface area contributed by atoms with Gasteiger partial charge in [0.2, 0.25) is 0 Å². The number of carbonyl (C=O) groups excluding carboxylic acids is 1. The molecule has 0 aromatic rings. The Bertz CT molecular complexity index is 149. The third kappa shape index (κ3) is 2.08. The van der Waals surface area contributed by atoms with E-state index in [0.717, 1.165) is 19.5 Å². The van der Waals surface area contributed by atoms with Gasteiger partial charge in [-0.25, -0.2) is 4.79 Å². The lowest BCUT2D eigenvalue weighted by Gasteiger charge is -2.17. The summed E-state index contributed by atoms with van der Waals surface area (Å²) in [6.07, 6.45) is 0.920. The maximum Gasteiger partial charge on any atom is 0.317 e. The zero-order chi connectivity index (χ0) is 8.27. The minimum atomic E-state index is 0.0221. The van der Waals surface area contributed by atoms with Crippen LogP contribution in [-0.4, -0.2) is 36.6 Å². The Kier molecular flexibility index (Phi) is 2.70. The molecular formula is C7H15N3O. The molecule has 1 unspecified atom stereocenters. The first-order valence-corrected chi connectivity index (χ1v) is 4.02. The van der Waals surface area contributed by atoms with Gasteiger partial charge in [0.1, 0.15) is 0 Å². The maximum atomic E-state index is 11.0. The highest BCUT2D eigenvalue weighted by atomic mass is 16.2. The Hall–Kier alpha value is -0.770. The molecule has 0 bridgehead atoms. The van der Waals surface area contributed by atoms with Gasteiger partial charge in [0.15, 0.2) is 0 Å². The Morgan fingerprint density at radius 1 is 1.82 bits per heavy atom. The van der Waals surface area contributed by atoms with E-state index in [1.807, 2.05) is 6.92 Å². The van der Waals surface area contributed by atoms with Crippen molar-refractivity contribution in [2.45, 2.75) is 19.4 Å².